The highest BCUT2D eigenvalue weighted by atomic mass is 16.3. The molecule has 0 unspecified atom stereocenters. The van der Waals surface area contributed by atoms with Gasteiger partial charge in [0, 0.05) is 6.54 Å². The van der Waals surface area contributed by atoms with Crippen LogP contribution in [0.3, 0.4) is 0 Å². The fourth-order valence-corrected chi connectivity index (χ4v) is 3.08. The first-order valence-electron chi connectivity index (χ1n) is 6.94. The number of likely N-dealkylation sites (tertiary alicyclic amines) is 1. The summed E-state index contributed by atoms with van der Waals surface area (Å²) in [5, 5.41) is 10.6. The predicted molar refractivity (Wildman–Crippen MR) is 67.5 cm³/mol. The fourth-order valence-electron chi connectivity index (χ4n) is 3.08. The Bertz CT molecular complexity index is 221. The third-order valence-corrected chi connectivity index (χ3v) is 4.50. The van der Waals surface area contributed by atoms with Gasteiger partial charge in [-0.05, 0) is 57.0 Å². The third kappa shape index (κ3) is 3.21. The lowest BCUT2D eigenvalue weighted by Crippen LogP contribution is -2.48. The SMILES string of the molecule is CC1(C)CCC(O)(CN2CCCCC2)CC1. The summed E-state index contributed by atoms with van der Waals surface area (Å²) in [6.45, 7) is 7.97. The van der Waals surface area contributed by atoms with E-state index in [1.54, 1.807) is 0 Å². The number of hydrogen-bond donors (Lipinski definition) is 1. The molecule has 1 aliphatic carbocycles. The Kier molecular flexibility index (Phi) is 3.60. The van der Waals surface area contributed by atoms with E-state index in [1.807, 2.05) is 0 Å². The largest absolute Gasteiger partial charge is 0.389 e. The molecule has 2 rings (SSSR count). The monoisotopic (exact) mass is 225 g/mol. The van der Waals surface area contributed by atoms with Crippen LogP contribution in [0.4, 0.5) is 0 Å². The molecule has 0 aromatic rings. The molecule has 1 saturated carbocycles. The number of hydrogen-bond acceptors (Lipinski definition) is 2. The zero-order valence-electron chi connectivity index (χ0n) is 11.0. The van der Waals surface area contributed by atoms with Crippen LogP contribution in [0.25, 0.3) is 0 Å². The van der Waals surface area contributed by atoms with Gasteiger partial charge < -0.3 is 10.0 Å². The van der Waals surface area contributed by atoms with Gasteiger partial charge in [0.15, 0.2) is 0 Å². The number of rotatable bonds is 2. The molecule has 0 radical (unpaired) electrons. The highest BCUT2D eigenvalue weighted by molar-refractivity contribution is 4.91. The highest BCUT2D eigenvalue weighted by Gasteiger charge is 2.37. The second kappa shape index (κ2) is 4.66. The molecule has 2 aliphatic rings. The van der Waals surface area contributed by atoms with E-state index >= 15 is 0 Å². The van der Waals surface area contributed by atoms with E-state index < -0.39 is 0 Å². The standard InChI is InChI=1S/C14H27NO/c1-13(2)6-8-14(16,9-7-13)12-15-10-4-3-5-11-15/h16H,3-12H2,1-2H3. The fraction of sp³-hybridized carbons (Fsp3) is 1.00. The van der Waals surface area contributed by atoms with Crippen molar-refractivity contribution in [1.29, 1.82) is 0 Å². The second-order valence-electron chi connectivity index (χ2n) is 6.73. The van der Waals surface area contributed by atoms with Gasteiger partial charge in [0.2, 0.25) is 0 Å². The summed E-state index contributed by atoms with van der Waals surface area (Å²) in [5.41, 5.74) is 0.0704. The quantitative estimate of drug-likeness (QED) is 0.781. The minimum Gasteiger partial charge on any atom is -0.389 e. The molecule has 0 spiro atoms. The smallest absolute Gasteiger partial charge is 0.0774 e. The zero-order valence-corrected chi connectivity index (χ0v) is 11.0. The first kappa shape index (κ1) is 12.4. The topological polar surface area (TPSA) is 23.5 Å². The summed E-state index contributed by atoms with van der Waals surface area (Å²) in [6, 6.07) is 0. The average molecular weight is 225 g/mol. The van der Waals surface area contributed by atoms with Crippen LogP contribution in [-0.4, -0.2) is 35.2 Å². The van der Waals surface area contributed by atoms with Crippen LogP contribution in [0.2, 0.25) is 0 Å². The van der Waals surface area contributed by atoms with Crippen LogP contribution < -0.4 is 0 Å². The first-order chi connectivity index (χ1) is 7.49. The van der Waals surface area contributed by atoms with E-state index in [4.69, 9.17) is 0 Å². The lowest BCUT2D eigenvalue weighted by molar-refractivity contribution is -0.0521. The molecule has 2 heteroatoms. The molecule has 0 atom stereocenters. The summed E-state index contributed by atoms with van der Waals surface area (Å²) in [7, 11) is 0. The molecule has 1 N–H and O–H groups in total. The zero-order chi connectivity index (χ0) is 11.6. The molecular weight excluding hydrogens is 198 g/mol. The van der Waals surface area contributed by atoms with Gasteiger partial charge in [-0.3, -0.25) is 0 Å². The molecule has 2 nitrogen and oxygen atoms in total. The minimum atomic E-state index is -0.382. The molecule has 0 aromatic heterocycles. The Hall–Kier alpha value is -0.0800. The first-order valence-corrected chi connectivity index (χ1v) is 6.94. The van der Waals surface area contributed by atoms with Crippen LogP contribution in [0.15, 0.2) is 0 Å². The maximum Gasteiger partial charge on any atom is 0.0774 e. The maximum absolute atomic E-state index is 10.6. The van der Waals surface area contributed by atoms with E-state index in [1.165, 1.54) is 45.2 Å². The van der Waals surface area contributed by atoms with E-state index in [0.29, 0.717) is 5.41 Å². The van der Waals surface area contributed by atoms with Gasteiger partial charge in [0.1, 0.15) is 0 Å². The van der Waals surface area contributed by atoms with Gasteiger partial charge in [0.05, 0.1) is 5.60 Å². The van der Waals surface area contributed by atoms with Crippen LogP contribution in [0.5, 0.6) is 0 Å². The summed E-state index contributed by atoms with van der Waals surface area (Å²) < 4.78 is 0. The Morgan fingerprint density at radius 1 is 0.938 bits per heavy atom. The Labute approximate surface area is 100 Å². The lowest BCUT2D eigenvalue weighted by Gasteiger charge is -2.43. The number of nitrogens with zero attached hydrogens (tertiary/aromatic N) is 1. The molecule has 1 aliphatic heterocycles. The van der Waals surface area contributed by atoms with Crippen molar-refractivity contribution in [3.8, 4) is 0 Å². The van der Waals surface area contributed by atoms with Crippen LogP contribution in [0.1, 0.15) is 58.8 Å². The van der Waals surface area contributed by atoms with Gasteiger partial charge in [-0.2, -0.15) is 0 Å². The second-order valence-corrected chi connectivity index (χ2v) is 6.73. The van der Waals surface area contributed by atoms with Crippen LogP contribution >= 0.6 is 0 Å². The molecule has 0 aromatic carbocycles. The van der Waals surface area contributed by atoms with Crippen molar-refractivity contribution in [3.63, 3.8) is 0 Å². The van der Waals surface area contributed by atoms with Gasteiger partial charge in [-0.15, -0.1) is 0 Å². The Balaban J connectivity index is 1.84. The molecule has 94 valence electrons. The molecule has 16 heavy (non-hydrogen) atoms. The Morgan fingerprint density at radius 2 is 1.50 bits per heavy atom. The van der Waals surface area contributed by atoms with Crippen molar-refractivity contribution in [2.75, 3.05) is 19.6 Å². The molecule has 0 amide bonds. The van der Waals surface area contributed by atoms with Crippen molar-refractivity contribution in [1.82, 2.24) is 4.90 Å². The van der Waals surface area contributed by atoms with E-state index in [0.717, 1.165) is 19.4 Å². The molecular formula is C14H27NO. The summed E-state index contributed by atoms with van der Waals surface area (Å²) >= 11 is 0. The third-order valence-electron chi connectivity index (χ3n) is 4.50. The summed E-state index contributed by atoms with van der Waals surface area (Å²) in [5.74, 6) is 0. The minimum absolute atomic E-state index is 0.382. The number of β-amino-alcohol motifs (C(OH)–C–C–N with tert-alkyl or cyclic N) is 1. The lowest BCUT2D eigenvalue weighted by atomic mass is 9.71. The van der Waals surface area contributed by atoms with Crippen molar-refractivity contribution in [3.05, 3.63) is 0 Å². The highest BCUT2D eigenvalue weighted by Crippen LogP contribution is 2.40. The van der Waals surface area contributed by atoms with Gasteiger partial charge in [-0.25, -0.2) is 0 Å². The number of piperidine rings is 1. The van der Waals surface area contributed by atoms with E-state index in [-0.39, 0.29) is 5.60 Å². The average Bonchev–Trinajstić information content (AvgIpc) is 2.25. The predicted octanol–water partition coefficient (Wildman–Crippen LogP) is 2.80. The van der Waals surface area contributed by atoms with E-state index in [9.17, 15) is 5.11 Å². The molecule has 1 heterocycles. The van der Waals surface area contributed by atoms with Crippen molar-refractivity contribution in [2.24, 2.45) is 5.41 Å². The van der Waals surface area contributed by atoms with Crippen molar-refractivity contribution < 1.29 is 5.11 Å². The van der Waals surface area contributed by atoms with Gasteiger partial charge in [-0.1, -0.05) is 20.3 Å². The Morgan fingerprint density at radius 3 is 2.06 bits per heavy atom. The van der Waals surface area contributed by atoms with Crippen molar-refractivity contribution in [2.45, 2.75) is 64.4 Å². The van der Waals surface area contributed by atoms with Gasteiger partial charge in [0.25, 0.3) is 0 Å². The van der Waals surface area contributed by atoms with E-state index in [2.05, 4.69) is 18.7 Å². The van der Waals surface area contributed by atoms with Gasteiger partial charge >= 0.3 is 0 Å². The normalized spacial score (nSPS) is 30.2. The van der Waals surface area contributed by atoms with Crippen molar-refractivity contribution >= 4 is 0 Å². The van der Waals surface area contributed by atoms with Crippen LogP contribution in [-0.2, 0) is 0 Å². The number of aliphatic hydroxyl groups is 1. The maximum atomic E-state index is 10.6. The summed E-state index contributed by atoms with van der Waals surface area (Å²) in [4.78, 5) is 2.47. The molecule has 2 fully saturated rings. The van der Waals surface area contributed by atoms with Crippen LogP contribution in [0, 0.1) is 5.41 Å². The summed E-state index contributed by atoms with van der Waals surface area (Å²) in [6.07, 6.45) is 8.37. The molecule has 0 bridgehead atoms. The molecule has 1 saturated heterocycles.